The van der Waals surface area contributed by atoms with Gasteiger partial charge in [0, 0.05) is 19.3 Å². The number of rotatable bonds is 53. The molecule has 0 amide bonds. The first-order chi connectivity index (χ1) is 37.0. The summed E-state index contributed by atoms with van der Waals surface area (Å²) in [5.41, 5.74) is 0. The molecule has 0 fully saturated rings. The minimum Gasteiger partial charge on any atom is -0.462 e. The number of unbranched alkanes of at least 4 members (excludes halogenated alkanes) is 18. The summed E-state index contributed by atoms with van der Waals surface area (Å²) < 4.78 is 16.8. The van der Waals surface area contributed by atoms with Gasteiger partial charge >= 0.3 is 17.9 Å². The van der Waals surface area contributed by atoms with Gasteiger partial charge in [-0.3, -0.25) is 14.4 Å². The summed E-state index contributed by atoms with van der Waals surface area (Å²) in [7, 11) is 0. The lowest BCUT2D eigenvalue weighted by Crippen LogP contribution is -2.30. The Morgan fingerprint density at radius 1 is 0.280 bits per heavy atom. The molecule has 0 rings (SSSR count). The molecule has 1 atom stereocenters. The normalized spacial score (nSPS) is 13.2. The van der Waals surface area contributed by atoms with E-state index in [4.69, 9.17) is 14.2 Å². The topological polar surface area (TPSA) is 78.9 Å². The molecule has 422 valence electrons. The summed E-state index contributed by atoms with van der Waals surface area (Å²) in [6.45, 7) is 6.34. The first-order valence-corrected chi connectivity index (χ1v) is 30.3. The molecule has 0 aromatic rings. The van der Waals surface area contributed by atoms with Crippen molar-refractivity contribution in [2.24, 2.45) is 0 Å². The number of carbonyl (C=O) groups is 3. The van der Waals surface area contributed by atoms with E-state index in [1.165, 1.54) is 51.4 Å². The zero-order valence-corrected chi connectivity index (χ0v) is 48.3. The Balaban J connectivity index is 4.24. The third kappa shape index (κ3) is 60.0. The maximum atomic E-state index is 12.8. The van der Waals surface area contributed by atoms with Crippen LogP contribution in [0.2, 0.25) is 0 Å². The summed E-state index contributed by atoms with van der Waals surface area (Å²) in [5, 5.41) is 0. The van der Waals surface area contributed by atoms with Crippen LogP contribution in [0.5, 0.6) is 0 Å². The molecule has 0 aliphatic carbocycles. The van der Waals surface area contributed by atoms with Crippen molar-refractivity contribution < 1.29 is 28.6 Å². The van der Waals surface area contributed by atoms with Crippen LogP contribution in [0.4, 0.5) is 0 Å². The van der Waals surface area contributed by atoms with Crippen LogP contribution in [0.15, 0.2) is 146 Å². The number of hydrogen-bond donors (Lipinski definition) is 0. The lowest BCUT2D eigenvalue weighted by Gasteiger charge is -2.18. The van der Waals surface area contributed by atoms with E-state index in [9.17, 15) is 14.4 Å². The lowest BCUT2D eigenvalue weighted by atomic mass is 10.1. The van der Waals surface area contributed by atoms with Crippen molar-refractivity contribution in [3.05, 3.63) is 146 Å². The first kappa shape index (κ1) is 70.3. The smallest absolute Gasteiger partial charge is 0.306 e. The molecule has 0 aliphatic heterocycles. The van der Waals surface area contributed by atoms with Crippen LogP contribution >= 0.6 is 0 Å². The number of hydrogen-bond acceptors (Lipinski definition) is 6. The summed E-state index contributed by atoms with van der Waals surface area (Å²) in [5.74, 6) is -0.933. The van der Waals surface area contributed by atoms with Gasteiger partial charge in [0.25, 0.3) is 0 Å². The zero-order valence-electron chi connectivity index (χ0n) is 48.3. The van der Waals surface area contributed by atoms with Crippen molar-refractivity contribution in [2.45, 2.75) is 258 Å². The van der Waals surface area contributed by atoms with Crippen molar-refractivity contribution in [3.63, 3.8) is 0 Å². The molecule has 0 saturated heterocycles. The van der Waals surface area contributed by atoms with Gasteiger partial charge in [-0.1, -0.05) is 256 Å². The first-order valence-electron chi connectivity index (χ1n) is 30.3. The van der Waals surface area contributed by atoms with Gasteiger partial charge in [-0.2, -0.15) is 0 Å². The predicted molar refractivity (Wildman–Crippen MR) is 325 cm³/mol. The van der Waals surface area contributed by atoms with Gasteiger partial charge in [0.15, 0.2) is 6.10 Å². The molecule has 75 heavy (non-hydrogen) atoms. The Labute approximate surface area is 461 Å². The van der Waals surface area contributed by atoms with Crippen molar-refractivity contribution in [3.8, 4) is 0 Å². The van der Waals surface area contributed by atoms with Gasteiger partial charge in [0.05, 0.1) is 0 Å². The predicted octanol–water partition coefficient (Wildman–Crippen LogP) is 20.8. The Morgan fingerprint density at radius 3 is 0.813 bits per heavy atom. The number of esters is 3. The summed E-state index contributed by atoms with van der Waals surface area (Å²) in [6, 6.07) is 0. The average molecular weight is 1040 g/mol. The highest BCUT2D eigenvalue weighted by Crippen LogP contribution is 2.14. The Morgan fingerprint density at radius 2 is 0.520 bits per heavy atom. The zero-order chi connectivity index (χ0) is 54.3. The van der Waals surface area contributed by atoms with Crippen molar-refractivity contribution in [1.82, 2.24) is 0 Å². The van der Waals surface area contributed by atoms with Gasteiger partial charge in [0.1, 0.15) is 13.2 Å². The molecule has 0 bridgehead atoms. The van der Waals surface area contributed by atoms with E-state index >= 15 is 0 Å². The quantitative estimate of drug-likeness (QED) is 0.0261. The molecule has 0 aliphatic rings. The summed E-state index contributed by atoms with van der Waals surface area (Å²) in [6.07, 6.45) is 88.6. The van der Waals surface area contributed by atoms with Gasteiger partial charge in [-0.25, -0.2) is 0 Å². The second-order valence-corrected chi connectivity index (χ2v) is 19.5. The maximum Gasteiger partial charge on any atom is 0.306 e. The fraction of sp³-hybridized carbons (Fsp3) is 0.609. The van der Waals surface area contributed by atoms with Crippen LogP contribution in [-0.2, 0) is 28.6 Å². The molecular weight excluding hydrogens is 925 g/mol. The number of ether oxygens (including phenoxy) is 3. The van der Waals surface area contributed by atoms with Gasteiger partial charge in [0.2, 0.25) is 0 Å². The van der Waals surface area contributed by atoms with E-state index in [0.717, 1.165) is 161 Å². The highest BCUT2D eigenvalue weighted by molar-refractivity contribution is 5.71. The monoisotopic (exact) mass is 1030 g/mol. The second kappa shape index (κ2) is 61.8. The van der Waals surface area contributed by atoms with Crippen LogP contribution in [0.1, 0.15) is 252 Å². The van der Waals surface area contributed by atoms with E-state index in [1.807, 2.05) is 0 Å². The molecule has 0 aromatic heterocycles. The Kier molecular flexibility index (Phi) is 58.0. The molecule has 0 radical (unpaired) electrons. The van der Waals surface area contributed by atoms with Gasteiger partial charge in [-0.05, 0) is 122 Å². The lowest BCUT2D eigenvalue weighted by molar-refractivity contribution is -0.167. The second-order valence-electron chi connectivity index (χ2n) is 19.5. The number of carbonyl (C=O) groups excluding carboxylic acids is 3. The molecule has 1 unspecified atom stereocenters. The van der Waals surface area contributed by atoms with E-state index in [0.29, 0.717) is 19.3 Å². The van der Waals surface area contributed by atoms with Crippen LogP contribution in [0.25, 0.3) is 0 Å². The molecule has 0 aromatic carbocycles. The Hall–Kier alpha value is -4.71. The third-order valence-corrected chi connectivity index (χ3v) is 12.3. The van der Waals surface area contributed by atoms with E-state index in [2.05, 4.69) is 167 Å². The van der Waals surface area contributed by atoms with E-state index in [1.54, 1.807) is 0 Å². The minimum absolute atomic E-state index is 0.0927. The molecule has 0 saturated carbocycles. The van der Waals surface area contributed by atoms with Crippen LogP contribution < -0.4 is 0 Å². The average Bonchev–Trinajstić information content (AvgIpc) is 3.41. The SMILES string of the molecule is CC/C=C\C/C=C\C/C=C\C/C=C\C/C=C\C/C=C\C/C=C\C/C=C\CCCCCCCCC(=O)OCC(COC(=O)CCCCCCCCC)OC(=O)CCCCCCCC/C=C\C/C=C\C/C=C\C/C=C\CC. The molecule has 0 spiro atoms. The minimum atomic E-state index is -0.795. The molecule has 0 heterocycles. The Bertz CT molecular complexity index is 1660. The van der Waals surface area contributed by atoms with Crippen molar-refractivity contribution in [2.75, 3.05) is 13.2 Å². The fourth-order valence-electron chi connectivity index (χ4n) is 7.86. The molecule has 0 N–H and O–H groups in total. The van der Waals surface area contributed by atoms with Crippen LogP contribution in [0.3, 0.4) is 0 Å². The fourth-order valence-corrected chi connectivity index (χ4v) is 7.86. The summed E-state index contributed by atoms with van der Waals surface area (Å²) >= 11 is 0. The van der Waals surface area contributed by atoms with Gasteiger partial charge in [-0.15, -0.1) is 0 Å². The molecule has 6 heteroatoms. The van der Waals surface area contributed by atoms with Crippen molar-refractivity contribution in [1.29, 1.82) is 0 Å². The third-order valence-electron chi connectivity index (χ3n) is 12.3. The standard InChI is InChI=1S/C69H110O6/c1-4-7-10-13-16-18-20-22-24-26-28-29-30-31-32-33-34-35-36-37-38-39-41-42-44-46-48-50-53-56-59-62-68(71)74-65-66(64-73-67(70)61-58-55-52-15-12-9-6-3)75-69(72)63-60-57-54-51-49-47-45-43-40-27-25-23-21-19-17-14-11-8-5-2/h7-8,10-11,16-19,22-25,28-29,31-32,34-35,37-38,40-43,66H,4-6,9,12-15,20-21,26-27,30,33,36,39,44-65H2,1-3H3/b10-7-,11-8-,18-16-,19-17-,24-22-,25-23-,29-28-,32-31-,35-34-,38-37-,42-41-,43-40-. The maximum absolute atomic E-state index is 12.8. The number of allylic oxidation sites excluding steroid dienone is 24. The highest BCUT2D eigenvalue weighted by Gasteiger charge is 2.19. The van der Waals surface area contributed by atoms with E-state index in [-0.39, 0.29) is 31.1 Å². The van der Waals surface area contributed by atoms with Crippen molar-refractivity contribution >= 4 is 17.9 Å². The van der Waals surface area contributed by atoms with Crippen LogP contribution in [0, 0.1) is 0 Å². The van der Waals surface area contributed by atoms with Crippen LogP contribution in [-0.4, -0.2) is 37.2 Å². The van der Waals surface area contributed by atoms with Gasteiger partial charge < -0.3 is 14.2 Å². The molecule has 6 nitrogen and oxygen atoms in total. The highest BCUT2D eigenvalue weighted by atomic mass is 16.6. The summed E-state index contributed by atoms with van der Waals surface area (Å²) in [4.78, 5) is 38.0. The molecular formula is C69H110O6. The van der Waals surface area contributed by atoms with E-state index < -0.39 is 6.10 Å². The largest absolute Gasteiger partial charge is 0.462 e.